The van der Waals surface area contributed by atoms with Crippen molar-refractivity contribution in [1.29, 1.82) is 0 Å². The molecule has 0 aromatic heterocycles. The van der Waals surface area contributed by atoms with Gasteiger partial charge in [0.2, 0.25) is 10.0 Å². The molecule has 0 spiro atoms. The number of amides is 1. The van der Waals surface area contributed by atoms with Crippen LogP contribution in [0.25, 0.3) is 0 Å². The Morgan fingerprint density at radius 1 is 1.03 bits per heavy atom. The number of nitrogens with zero attached hydrogens (tertiary/aromatic N) is 1. The van der Waals surface area contributed by atoms with E-state index in [4.69, 9.17) is 0 Å². The first-order chi connectivity index (χ1) is 13.8. The topological polar surface area (TPSA) is 66.5 Å². The van der Waals surface area contributed by atoms with Crippen molar-refractivity contribution in [2.75, 3.05) is 13.1 Å². The third-order valence-electron chi connectivity index (χ3n) is 5.58. The van der Waals surface area contributed by atoms with Crippen molar-refractivity contribution in [3.05, 3.63) is 64.7 Å². The molecule has 0 unspecified atom stereocenters. The van der Waals surface area contributed by atoms with E-state index >= 15 is 0 Å². The van der Waals surface area contributed by atoms with E-state index < -0.39 is 10.0 Å². The molecule has 0 bridgehead atoms. The minimum Gasteiger partial charge on any atom is -0.345 e. The highest BCUT2D eigenvalue weighted by molar-refractivity contribution is 7.89. The van der Waals surface area contributed by atoms with E-state index in [0.29, 0.717) is 24.2 Å². The lowest BCUT2D eigenvalue weighted by Gasteiger charge is -2.26. The first kappa shape index (κ1) is 21.5. The SMILES string of the molecule is CC[C@@H](NC(=O)c1ccc(C)c(S(=O)(=O)N2CCCCC2)c1)c1ccc(C)cc1. The summed E-state index contributed by atoms with van der Waals surface area (Å²) in [5.74, 6) is -0.257. The van der Waals surface area contributed by atoms with Crippen LogP contribution in [0.1, 0.15) is 65.7 Å². The van der Waals surface area contributed by atoms with Gasteiger partial charge in [0, 0.05) is 18.7 Å². The maximum Gasteiger partial charge on any atom is 0.251 e. The van der Waals surface area contributed by atoms with Gasteiger partial charge in [-0.25, -0.2) is 8.42 Å². The average molecular weight is 415 g/mol. The fraction of sp³-hybridized carbons (Fsp3) is 0.435. The van der Waals surface area contributed by atoms with Crippen molar-refractivity contribution in [1.82, 2.24) is 9.62 Å². The molecule has 1 aliphatic rings. The Morgan fingerprint density at radius 2 is 1.69 bits per heavy atom. The number of rotatable bonds is 6. The molecule has 5 nitrogen and oxygen atoms in total. The van der Waals surface area contributed by atoms with E-state index in [0.717, 1.165) is 31.2 Å². The Hall–Kier alpha value is -2.18. The van der Waals surface area contributed by atoms with Crippen molar-refractivity contribution in [2.45, 2.75) is 57.4 Å². The van der Waals surface area contributed by atoms with Crippen LogP contribution in [0.5, 0.6) is 0 Å². The van der Waals surface area contributed by atoms with E-state index in [9.17, 15) is 13.2 Å². The molecule has 3 rings (SSSR count). The average Bonchev–Trinajstić information content (AvgIpc) is 2.73. The quantitative estimate of drug-likeness (QED) is 0.764. The Labute approximate surface area is 174 Å². The Bertz CT molecular complexity index is 962. The molecule has 0 radical (unpaired) electrons. The molecule has 2 aromatic carbocycles. The van der Waals surface area contributed by atoms with Gasteiger partial charge >= 0.3 is 0 Å². The molecular weight excluding hydrogens is 384 g/mol. The molecular formula is C23H30N2O3S. The molecule has 0 aliphatic carbocycles. The summed E-state index contributed by atoms with van der Waals surface area (Å²) in [7, 11) is -3.59. The summed E-state index contributed by atoms with van der Waals surface area (Å²) in [5, 5.41) is 3.05. The Kier molecular flexibility index (Phi) is 6.75. The zero-order chi connectivity index (χ0) is 21.0. The van der Waals surface area contributed by atoms with Crippen LogP contribution in [0.15, 0.2) is 47.4 Å². The van der Waals surface area contributed by atoms with Crippen LogP contribution >= 0.6 is 0 Å². The van der Waals surface area contributed by atoms with Crippen LogP contribution in [0.2, 0.25) is 0 Å². The predicted octanol–water partition coefficient (Wildman–Crippen LogP) is 4.36. The summed E-state index contributed by atoms with van der Waals surface area (Å²) in [6, 6.07) is 12.9. The molecule has 1 amide bonds. The Morgan fingerprint density at radius 3 is 2.31 bits per heavy atom. The molecule has 1 heterocycles. The zero-order valence-corrected chi connectivity index (χ0v) is 18.3. The van der Waals surface area contributed by atoms with Gasteiger partial charge in [-0.1, -0.05) is 49.2 Å². The number of carbonyl (C=O) groups is 1. The van der Waals surface area contributed by atoms with Crippen molar-refractivity contribution < 1.29 is 13.2 Å². The maximum absolute atomic E-state index is 13.1. The lowest BCUT2D eigenvalue weighted by atomic mass is 10.0. The third kappa shape index (κ3) is 4.87. The van der Waals surface area contributed by atoms with E-state index in [-0.39, 0.29) is 16.8 Å². The van der Waals surface area contributed by atoms with Gasteiger partial charge < -0.3 is 5.32 Å². The smallest absolute Gasteiger partial charge is 0.251 e. The van der Waals surface area contributed by atoms with Crippen molar-refractivity contribution in [2.24, 2.45) is 0 Å². The van der Waals surface area contributed by atoms with Gasteiger partial charge in [-0.3, -0.25) is 4.79 Å². The number of carbonyl (C=O) groups excluding carboxylic acids is 1. The number of hydrogen-bond donors (Lipinski definition) is 1. The summed E-state index contributed by atoms with van der Waals surface area (Å²) >= 11 is 0. The summed E-state index contributed by atoms with van der Waals surface area (Å²) in [6.45, 7) is 6.92. The van der Waals surface area contributed by atoms with E-state index in [1.54, 1.807) is 23.4 Å². The van der Waals surface area contributed by atoms with E-state index in [1.165, 1.54) is 11.6 Å². The minimum atomic E-state index is -3.59. The minimum absolute atomic E-state index is 0.119. The lowest BCUT2D eigenvalue weighted by Crippen LogP contribution is -2.36. The second-order valence-electron chi connectivity index (χ2n) is 7.79. The summed E-state index contributed by atoms with van der Waals surface area (Å²) in [6.07, 6.45) is 3.57. The molecule has 29 heavy (non-hydrogen) atoms. The van der Waals surface area contributed by atoms with Crippen molar-refractivity contribution >= 4 is 15.9 Å². The number of benzene rings is 2. The second-order valence-corrected chi connectivity index (χ2v) is 9.70. The fourth-order valence-electron chi connectivity index (χ4n) is 3.73. The molecule has 6 heteroatoms. The molecule has 1 saturated heterocycles. The monoisotopic (exact) mass is 414 g/mol. The van der Waals surface area contributed by atoms with Gasteiger partial charge in [-0.15, -0.1) is 0 Å². The second kappa shape index (κ2) is 9.09. The highest BCUT2D eigenvalue weighted by Gasteiger charge is 2.28. The molecule has 1 N–H and O–H groups in total. The molecule has 156 valence electrons. The fourth-order valence-corrected chi connectivity index (χ4v) is 5.49. The van der Waals surface area contributed by atoms with Crippen LogP contribution in [-0.4, -0.2) is 31.7 Å². The first-order valence-electron chi connectivity index (χ1n) is 10.3. The highest BCUT2D eigenvalue weighted by Crippen LogP contribution is 2.25. The summed E-state index contributed by atoms with van der Waals surface area (Å²) < 4.78 is 27.8. The van der Waals surface area contributed by atoms with Crippen molar-refractivity contribution in [3.63, 3.8) is 0 Å². The number of hydrogen-bond acceptors (Lipinski definition) is 3. The van der Waals surface area contributed by atoms with Gasteiger partial charge in [-0.05, 0) is 56.4 Å². The summed E-state index contributed by atoms with van der Waals surface area (Å²) in [4.78, 5) is 13.1. The molecule has 1 fully saturated rings. The van der Waals surface area contributed by atoms with Crippen molar-refractivity contribution in [3.8, 4) is 0 Å². The number of aryl methyl sites for hydroxylation is 2. The zero-order valence-electron chi connectivity index (χ0n) is 17.4. The standard InChI is InChI=1S/C23H30N2O3S/c1-4-21(19-11-8-17(2)9-12-19)24-23(26)20-13-10-18(3)22(16-20)29(27,28)25-14-6-5-7-15-25/h8-13,16,21H,4-7,14-15H2,1-3H3,(H,24,26)/t21-/m1/s1. The van der Waals surface area contributed by atoms with Gasteiger partial charge in [0.1, 0.15) is 0 Å². The lowest BCUT2D eigenvalue weighted by molar-refractivity contribution is 0.0935. The molecule has 2 aromatic rings. The number of sulfonamides is 1. The normalized spacial score (nSPS) is 16.4. The first-order valence-corrected chi connectivity index (χ1v) is 11.7. The molecule has 0 saturated carbocycles. The van der Waals surface area contributed by atoms with E-state index in [2.05, 4.69) is 5.32 Å². The van der Waals surface area contributed by atoms with Crippen LogP contribution in [0.4, 0.5) is 0 Å². The van der Waals surface area contributed by atoms with Crippen LogP contribution in [0.3, 0.4) is 0 Å². The van der Waals surface area contributed by atoms with Gasteiger partial charge in [0.15, 0.2) is 0 Å². The van der Waals surface area contributed by atoms with Gasteiger partial charge in [0.05, 0.1) is 10.9 Å². The van der Waals surface area contributed by atoms with Crippen LogP contribution in [-0.2, 0) is 10.0 Å². The predicted molar refractivity (Wildman–Crippen MR) is 115 cm³/mol. The molecule has 1 atom stereocenters. The van der Waals surface area contributed by atoms with Crippen LogP contribution < -0.4 is 5.32 Å². The Balaban J connectivity index is 1.84. The number of nitrogens with one attached hydrogen (secondary N) is 1. The molecule has 1 aliphatic heterocycles. The third-order valence-corrected chi connectivity index (χ3v) is 7.62. The highest BCUT2D eigenvalue weighted by atomic mass is 32.2. The van der Waals surface area contributed by atoms with Crippen LogP contribution in [0, 0.1) is 13.8 Å². The largest absolute Gasteiger partial charge is 0.345 e. The van der Waals surface area contributed by atoms with Gasteiger partial charge in [-0.2, -0.15) is 4.31 Å². The summed E-state index contributed by atoms with van der Waals surface area (Å²) in [5.41, 5.74) is 3.25. The number of piperidine rings is 1. The van der Waals surface area contributed by atoms with Gasteiger partial charge in [0.25, 0.3) is 5.91 Å². The maximum atomic E-state index is 13.1. The van der Waals surface area contributed by atoms with E-state index in [1.807, 2.05) is 38.1 Å².